The minimum atomic E-state index is 0.327. The smallest absolute Gasteiger partial charge is 0.115 e. The lowest BCUT2D eigenvalue weighted by molar-refractivity contribution is 0.488. The summed E-state index contributed by atoms with van der Waals surface area (Å²) in [7, 11) is 0. The predicted molar refractivity (Wildman–Crippen MR) is 75.7 cm³/mol. The van der Waals surface area contributed by atoms with Crippen LogP contribution in [-0.2, 0) is 6.42 Å². The largest absolute Gasteiger partial charge is 0.309 e. The Hall–Kier alpha value is -1.26. The van der Waals surface area contributed by atoms with Gasteiger partial charge in [-0.05, 0) is 54.3 Å². The van der Waals surface area contributed by atoms with Crippen LogP contribution in [-0.4, -0.2) is 16.5 Å². The number of hydrogen-bond acceptors (Lipinski definition) is 4. The van der Waals surface area contributed by atoms with Crippen LogP contribution in [0.5, 0.6) is 0 Å². The number of thiophene rings is 1. The highest BCUT2D eigenvalue weighted by Gasteiger charge is 2.11. The number of hydrogen-bond donors (Lipinski definition) is 1. The van der Waals surface area contributed by atoms with Crippen molar-refractivity contribution in [2.75, 3.05) is 6.54 Å². The van der Waals surface area contributed by atoms with E-state index >= 15 is 0 Å². The van der Waals surface area contributed by atoms with E-state index in [1.54, 1.807) is 17.7 Å². The van der Waals surface area contributed by atoms with Crippen LogP contribution in [0.25, 0.3) is 0 Å². The lowest BCUT2D eigenvalue weighted by atomic mass is 10.0. The summed E-state index contributed by atoms with van der Waals surface area (Å²) < 4.78 is 0. The fourth-order valence-corrected chi connectivity index (χ4v) is 2.63. The zero-order chi connectivity index (χ0) is 12.6. The maximum atomic E-state index is 4.36. The topological polar surface area (TPSA) is 37.8 Å². The van der Waals surface area contributed by atoms with Crippen molar-refractivity contribution < 1.29 is 0 Å². The summed E-state index contributed by atoms with van der Waals surface area (Å²) in [6.07, 6.45) is 6.75. The number of nitrogens with one attached hydrogen (secondary N) is 1. The minimum Gasteiger partial charge on any atom is -0.309 e. The number of nitrogens with zero attached hydrogens (tertiary/aromatic N) is 2. The summed E-state index contributed by atoms with van der Waals surface area (Å²) >= 11 is 1.76. The van der Waals surface area contributed by atoms with Gasteiger partial charge in [-0.1, -0.05) is 6.92 Å². The summed E-state index contributed by atoms with van der Waals surface area (Å²) in [5.41, 5.74) is 2.51. The zero-order valence-corrected chi connectivity index (χ0v) is 11.5. The molecular formula is C14H19N3S. The molecule has 96 valence electrons. The molecule has 1 atom stereocenters. The molecule has 2 aromatic heterocycles. The Morgan fingerprint density at radius 2 is 2.33 bits per heavy atom. The van der Waals surface area contributed by atoms with Crippen LogP contribution < -0.4 is 5.32 Å². The van der Waals surface area contributed by atoms with Gasteiger partial charge in [0.25, 0.3) is 0 Å². The van der Waals surface area contributed by atoms with E-state index in [1.165, 1.54) is 5.56 Å². The predicted octanol–water partition coefficient (Wildman–Crippen LogP) is 3.21. The van der Waals surface area contributed by atoms with Gasteiger partial charge in [0, 0.05) is 12.2 Å². The average Bonchev–Trinajstić information content (AvgIpc) is 2.93. The molecule has 0 aliphatic carbocycles. The van der Waals surface area contributed by atoms with Gasteiger partial charge in [-0.2, -0.15) is 11.3 Å². The van der Waals surface area contributed by atoms with Gasteiger partial charge in [-0.25, -0.2) is 9.97 Å². The van der Waals surface area contributed by atoms with Crippen molar-refractivity contribution in [3.05, 3.63) is 46.7 Å². The van der Waals surface area contributed by atoms with Gasteiger partial charge in [-0.15, -0.1) is 0 Å². The molecule has 2 rings (SSSR count). The first kappa shape index (κ1) is 13.2. The molecular weight excluding hydrogens is 242 g/mol. The molecule has 0 aliphatic rings. The molecule has 2 aromatic rings. The quantitative estimate of drug-likeness (QED) is 0.831. The van der Waals surface area contributed by atoms with Gasteiger partial charge in [0.1, 0.15) is 6.33 Å². The number of rotatable bonds is 7. The van der Waals surface area contributed by atoms with E-state index in [1.807, 2.05) is 12.3 Å². The van der Waals surface area contributed by atoms with Gasteiger partial charge in [-0.3, -0.25) is 0 Å². The van der Waals surface area contributed by atoms with Gasteiger partial charge >= 0.3 is 0 Å². The van der Waals surface area contributed by atoms with Crippen LogP contribution in [0.15, 0.2) is 35.4 Å². The Morgan fingerprint density at radius 1 is 1.39 bits per heavy atom. The molecule has 0 fully saturated rings. The third-order valence-electron chi connectivity index (χ3n) is 2.90. The maximum Gasteiger partial charge on any atom is 0.115 e. The van der Waals surface area contributed by atoms with Gasteiger partial charge in [0.15, 0.2) is 0 Å². The van der Waals surface area contributed by atoms with E-state index in [-0.39, 0.29) is 0 Å². The third kappa shape index (κ3) is 3.89. The lowest BCUT2D eigenvalue weighted by Gasteiger charge is -2.17. The highest BCUT2D eigenvalue weighted by molar-refractivity contribution is 7.07. The van der Waals surface area contributed by atoms with Crippen molar-refractivity contribution in [1.29, 1.82) is 0 Å². The first-order valence-corrected chi connectivity index (χ1v) is 7.34. The maximum absolute atomic E-state index is 4.36. The third-order valence-corrected chi connectivity index (χ3v) is 3.64. The zero-order valence-electron chi connectivity index (χ0n) is 10.7. The summed E-state index contributed by atoms with van der Waals surface area (Å²) in [4.78, 5) is 8.34. The molecule has 2 heterocycles. The van der Waals surface area contributed by atoms with Crippen LogP contribution in [0.1, 0.15) is 37.1 Å². The molecule has 0 radical (unpaired) electrons. The van der Waals surface area contributed by atoms with E-state index in [0.717, 1.165) is 31.5 Å². The van der Waals surface area contributed by atoms with E-state index in [0.29, 0.717) is 6.04 Å². The first-order valence-electron chi connectivity index (χ1n) is 6.40. The molecule has 1 unspecified atom stereocenters. The summed E-state index contributed by atoms with van der Waals surface area (Å²) in [6.45, 7) is 3.21. The molecule has 0 aromatic carbocycles. The highest BCUT2D eigenvalue weighted by atomic mass is 32.1. The Bertz CT molecular complexity index is 428. The molecule has 4 heteroatoms. The Morgan fingerprint density at radius 3 is 3.00 bits per heavy atom. The molecule has 0 saturated heterocycles. The molecule has 0 amide bonds. The van der Waals surface area contributed by atoms with Crippen molar-refractivity contribution in [2.45, 2.75) is 32.2 Å². The minimum absolute atomic E-state index is 0.327. The van der Waals surface area contributed by atoms with Crippen LogP contribution in [0.2, 0.25) is 0 Å². The van der Waals surface area contributed by atoms with E-state index in [4.69, 9.17) is 0 Å². The van der Waals surface area contributed by atoms with Gasteiger partial charge in [0.05, 0.1) is 5.69 Å². The van der Waals surface area contributed by atoms with E-state index < -0.39 is 0 Å². The SMILES string of the molecule is CCCNC(CCc1ccsc1)c1ccncn1. The molecule has 0 saturated carbocycles. The Labute approximate surface area is 112 Å². The van der Waals surface area contributed by atoms with Gasteiger partial charge < -0.3 is 5.32 Å². The normalized spacial score (nSPS) is 12.5. The molecule has 0 bridgehead atoms. The molecule has 0 aliphatic heterocycles. The second-order valence-corrected chi connectivity index (χ2v) is 5.09. The molecule has 3 nitrogen and oxygen atoms in total. The standard InChI is InChI=1S/C14H19N3S/c1-2-7-16-13(14-5-8-15-11-17-14)4-3-12-6-9-18-10-12/h5-6,8-11,13,16H,2-4,7H2,1H3. The summed E-state index contributed by atoms with van der Waals surface area (Å²) in [5, 5.41) is 7.91. The monoisotopic (exact) mass is 261 g/mol. The van der Waals surface area contributed by atoms with Crippen LogP contribution >= 0.6 is 11.3 Å². The summed E-state index contributed by atoms with van der Waals surface area (Å²) in [5.74, 6) is 0. The second kappa shape index (κ2) is 7.24. The van der Waals surface area contributed by atoms with Crippen molar-refractivity contribution in [3.8, 4) is 0 Å². The van der Waals surface area contributed by atoms with Crippen molar-refractivity contribution in [2.24, 2.45) is 0 Å². The number of aromatic nitrogens is 2. The Balaban J connectivity index is 1.96. The summed E-state index contributed by atoms with van der Waals surface area (Å²) in [6, 6.07) is 4.52. The van der Waals surface area contributed by atoms with Crippen LogP contribution in [0.3, 0.4) is 0 Å². The Kier molecular flexibility index (Phi) is 5.30. The lowest BCUT2D eigenvalue weighted by Crippen LogP contribution is -2.23. The van der Waals surface area contributed by atoms with Crippen molar-refractivity contribution in [3.63, 3.8) is 0 Å². The van der Waals surface area contributed by atoms with Crippen LogP contribution in [0.4, 0.5) is 0 Å². The molecule has 0 spiro atoms. The van der Waals surface area contributed by atoms with Crippen molar-refractivity contribution >= 4 is 11.3 Å². The number of aryl methyl sites for hydroxylation is 1. The average molecular weight is 261 g/mol. The second-order valence-electron chi connectivity index (χ2n) is 4.31. The first-order chi connectivity index (χ1) is 8.90. The van der Waals surface area contributed by atoms with E-state index in [2.05, 4.69) is 39.0 Å². The van der Waals surface area contributed by atoms with Crippen LogP contribution in [0, 0.1) is 0 Å². The fraction of sp³-hybridized carbons (Fsp3) is 0.429. The fourth-order valence-electron chi connectivity index (χ4n) is 1.93. The van der Waals surface area contributed by atoms with Crippen molar-refractivity contribution in [1.82, 2.24) is 15.3 Å². The molecule has 18 heavy (non-hydrogen) atoms. The highest BCUT2D eigenvalue weighted by Crippen LogP contribution is 2.18. The van der Waals surface area contributed by atoms with E-state index in [9.17, 15) is 0 Å². The van der Waals surface area contributed by atoms with Gasteiger partial charge in [0.2, 0.25) is 0 Å². The molecule has 1 N–H and O–H groups in total.